The van der Waals surface area contributed by atoms with Crippen molar-refractivity contribution < 1.29 is 4.74 Å². The molecule has 1 aliphatic rings. The zero-order chi connectivity index (χ0) is 10.2. The molecule has 2 unspecified atom stereocenters. The van der Waals surface area contributed by atoms with E-state index in [0.717, 1.165) is 19.4 Å². The summed E-state index contributed by atoms with van der Waals surface area (Å²) in [6.07, 6.45) is 9.85. The lowest BCUT2D eigenvalue weighted by Gasteiger charge is -2.21. The Morgan fingerprint density at radius 2 is 2.07 bits per heavy atom. The molecule has 0 aliphatic heterocycles. The second-order valence-corrected chi connectivity index (χ2v) is 5.04. The highest BCUT2D eigenvalue weighted by molar-refractivity contribution is 7.98. The van der Waals surface area contributed by atoms with Gasteiger partial charge in [-0.05, 0) is 31.3 Å². The topological polar surface area (TPSA) is 35.2 Å². The quantitative estimate of drug-likeness (QED) is 0.567. The SMILES string of the molecule is CSCCCOC1CCCCCC1N. The highest BCUT2D eigenvalue weighted by atomic mass is 32.2. The molecule has 1 aliphatic carbocycles. The van der Waals surface area contributed by atoms with Crippen molar-refractivity contribution in [3.63, 3.8) is 0 Å². The van der Waals surface area contributed by atoms with Crippen molar-refractivity contribution in [1.29, 1.82) is 0 Å². The predicted octanol–water partition coefficient (Wildman–Crippen LogP) is 2.42. The number of ether oxygens (including phenoxy) is 1. The van der Waals surface area contributed by atoms with Gasteiger partial charge in [-0.3, -0.25) is 0 Å². The fourth-order valence-electron chi connectivity index (χ4n) is 1.95. The maximum Gasteiger partial charge on any atom is 0.0725 e. The van der Waals surface area contributed by atoms with E-state index < -0.39 is 0 Å². The lowest BCUT2D eigenvalue weighted by atomic mass is 10.1. The molecule has 1 fully saturated rings. The molecule has 0 aromatic heterocycles. The van der Waals surface area contributed by atoms with Gasteiger partial charge in [0.2, 0.25) is 0 Å². The van der Waals surface area contributed by atoms with Crippen LogP contribution < -0.4 is 5.73 Å². The van der Waals surface area contributed by atoms with Crippen molar-refractivity contribution in [3.8, 4) is 0 Å². The molecule has 14 heavy (non-hydrogen) atoms. The van der Waals surface area contributed by atoms with Gasteiger partial charge in [0.25, 0.3) is 0 Å². The van der Waals surface area contributed by atoms with Gasteiger partial charge in [0.15, 0.2) is 0 Å². The zero-order valence-electron chi connectivity index (χ0n) is 9.21. The van der Waals surface area contributed by atoms with Crippen LogP contribution in [-0.4, -0.2) is 30.8 Å². The third-order valence-electron chi connectivity index (χ3n) is 2.83. The van der Waals surface area contributed by atoms with Gasteiger partial charge in [0, 0.05) is 12.6 Å². The van der Waals surface area contributed by atoms with Crippen LogP contribution in [0, 0.1) is 0 Å². The summed E-state index contributed by atoms with van der Waals surface area (Å²) in [7, 11) is 0. The molecule has 2 N–H and O–H groups in total. The van der Waals surface area contributed by atoms with Crippen molar-refractivity contribution in [3.05, 3.63) is 0 Å². The van der Waals surface area contributed by atoms with Crippen LogP contribution in [0.25, 0.3) is 0 Å². The number of thioether (sulfide) groups is 1. The number of hydrogen-bond acceptors (Lipinski definition) is 3. The van der Waals surface area contributed by atoms with Crippen LogP contribution in [0.5, 0.6) is 0 Å². The van der Waals surface area contributed by atoms with E-state index in [2.05, 4.69) is 6.26 Å². The van der Waals surface area contributed by atoms with Gasteiger partial charge in [-0.1, -0.05) is 19.3 Å². The summed E-state index contributed by atoms with van der Waals surface area (Å²) < 4.78 is 5.84. The van der Waals surface area contributed by atoms with Crippen LogP contribution in [0.1, 0.15) is 38.5 Å². The number of hydrogen-bond donors (Lipinski definition) is 1. The Balaban J connectivity index is 2.13. The van der Waals surface area contributed by atoms with E-state index in [0.29, 0.717) is 6.10 Å². The molecule has 1 rings (SSSR count). The second kappa shape index (κ2) is 7.55. The maximum absolute atomic E-state index is 6.06. The average molecular weight is 217 g/mol. The first-order chi connectivity index (χ1) is 6.84. The normalized spacial score (nSPS) is 28.7. The number of nitrogens with two attached hydrogens (primary N) is 1. The molecule has 0 aromatic rings. The fourth-order valence-corrected chi connectivity index (χ4v) is 2.35. The minimum Gasteiger partial charge on any atom is -0.377 e. The molecule has 0 aromatic carbocycles. The van der Waals surface area contributed by atoms with Gasteiger partial charge in [0.1, 0.15) is 0 Å². The van der Waals surface area contributed by atoms with Gasteiger partial charge in [-0.15, -0.1) is 0 Å². The molecular weight excluding hydrogens is 194 g/mol. The van der Waals surface area contributed by atoms with E-state index in [9.17, 15) is 0 Å². The first-order valence-electron chi connectivity index (χ1n) is 5.70. The summed E-state index contributed by atoms with van der Waals surface area (Å²) in [5.74, 6) is 1.20. The molecule has 0 radical (unpaired) electrons. The van der Waals surface area contributed by atoms with E-state index in [1.54, 1.807) is 0 Å². The average Bonchev–Trinajstić information content (AvgIpc) is 2.39. The molecule has 2 atom stereocenters. The third kappa shape index (κ3) is 4.67. The van der Waals surface area contributed by atoms with Crippen molar-refractivity contribution in [1.82, 2.24) is 0 Å². The highest BCUT2D eigenvalue weighted by Crippen LogP contribution is 2.19. The van der Waals surface area contributed by atoms with Gasteiger partial charge >= 0.3 is 0 Å². The van der Waals surface area contributed by atoms with E-state index in [-0.39, 0.29) is 6.04 Å². The van der Waals surface area contributed by atoms with Gasteiger partial charge in [-0.25, -0.2) is 0 Å². The Bertz CT molecular complexity index is 143. The number of rotatable bonds is 5. The monoisotopic (exact) mass is 217 g/mol. The molecule has 2 nitrogen and oxygen atoms in total. The molecule has 0 spiro atoms. The van der Waals surface area contributed by atoms with Gasteiger partial charge in [-0.2, -0.15) is 11.8 Å². The standard InChI is InChI=1S/C11H23NOS/c1-14-9-5-8-13-11-7-4-2-3-6-10(11)12/h10-11H,2-9,12H2,1H3. The zero-order valence-corrected chi connectivity index (χ0v) is 10.0. The molecule has 0 bridgehead atoms. The molecule has 84 valence electrons. The Labute approximate surface area is 92.0 Å². The summed E-state index contributed by atoms with van der Waals surface area (Å²) in [6.45, 7) is 0.888. The summed E-state index contributed by atoms with van der Waals surface area (Å²) in [5.41, 5.74) is 6.06. The Morgan fingerprint density at radius 1 is 1.29 bits per heavy atom. The molecular formula is C11H23NOS. The molecule has 0 heterocycles. The molecule has 0 saturated heterocycles. The summed E-state index contributed by atoms with van der Waals surface area (Å²) in [5, 5.41) is 0. The van der Waals surface area contributed by atoms with Crippen LogP contribution in [0.3, 0.4) is 0 Å². The van der Waals surface area contributed by atoms with Crippen LogP contribution in [0.15, 0.2) is 0 Å². The molecule has 1 saturated carbocycles. The predicted molar refractivity (Wildman–Crippen MR) is 63.8 cm³/mol. The lowest BCUT2D eigenvalue weighted by molar-refractivity contribution is 0.0321. The van der Waals surface area contributed by atoms with Crippen molar-refractivity contribution >= 4 is 11.8 Å². The fraction of sp³-hybridized carbons (Fsp3) is 1.00. The van der Waals surface area contributed by atoms with Crippen molar-refractivity contribution in [2.24, 2.45) is 5.73 Å². The second-order valence-electron chi connectivity index (χ2n) is 4.06. The minimum atomic E-state index is 0.284. The summed E-state index contributed by atoms with van der Waals surface area (Å²) in [4.78, 5) is 0. The van der Waals surface area contributed by atoms with Gasteiger partial charge < -0.3 is 10.5 Å². The third-order valence-corrected chi connectivity index (χ3v) is 3.53. The van der Waals surface area contributed by atoms with Crippen molar-refractivity contribution in [2.45, 2.75) is 50.7 Å². The van der Waals surface area contributed by atoms with E-state index in [1.165, 1.54) is 31.4 Å². The summed E-state index contributed by atoms with van der Waals surface area (Å²) >= 11 is 1.88. The van der Waals surface area contributed by atoms with Crippen LogP contribution >= 0.6 is 11.8 Å². The highest BCUT2D eigenvalue weighted by Gasteiger charge is 2.20. The maximum atomic E-state index is 6.06. The van der Waals surface area contributed by atoms with Crippen LogP contribution in [0.4, 0.5) is 0 Å². The van der Waals surface area contributed by atoms with E-state index in [1.807, 2.05) is 11.8 Å². The van der Waals surface area contributed by atoms with E-state index >= 15 is 0 Å². The minimum absolute atomic E-state index is 0.284. The Kier molecular flexibility index (Phi) is 6.65. The molecule has 3 heteroatoms. The largest absolute Gasteiger partial charge is 0.377 e. The van der Waals surface area contributed by atoms with Gasteiger partial charge in [0.05, 0.1) is 6.10 Å². The van der Waals surface area contributed by atoms with Crippen molar-refractivity contribution in [2.75, 3.05) is 18.6 Å². The lowest BCUT2D eigenvalue weighted by Crippen LogP contribution is -2.36. The Morgan fingerprint density at radius 3 is 2.86 bits per heavy atom. The summed E-state index contributed by atoms with van der Waals surface area (Å²) in [6, 6.07) is 0.284. The smallest absolute Gasteiger partial charge is 0.0725 e. The first kappa shape index (κ1) is 12.3. The van der Waals surface area contributed by atoms with E-state index in [4.69, 9.17) is 10.5 Å². The molecule has 0 amide bonds. The van der Waals surface area contributed by atoms with Crippen LogP contribution in [-0.2, 0) is 4.74 Å². The Hall–Kier alpha value is 0.270. The van der Waals surface area contributed by atoms with Crippen LogP contribution in [0.2, 0.25) is 0 Å². The first-order valence-corrected chi connectivity index (χ1v) is 7.10.